The van der Waals surface area contributed by atoms with Crippen molar-refractivity contribution in [2.75, 3.05) is 13.1 Å². The number of carboxylic acids is 1. The number of amides is 1. The van der Waals surface area contributed by atoms with Gasteiger partial charge in [-0.05, 0) is 25.5 Å². The van der Waals surface area contributed by atoms with Crippen LogP contribution >= 0.6 is 23.2 Å². The Balaban J connectivity index is 1.53. The molecule has 0 aliphatic heterocycles. The Morgan fingerprint density at radius 3 is 2.77 bits per heavy atom. The van der Waals surface area contributed by atoms with Gasteiger partial charge in [-0.2, -0.15) is 0 Å². The first kappa shape index (κ1) is 18.9. The van der Waals surface area contributed by atoms with Gasteiger partial charge in [0.25, 0.3) is 0 Å². The molecule has 1 amide bonds. The quantitative estimate of drug-likeness (QED) is 0.746. The molecular formula is C17H20Cl2N4O3. The van der Waals surface area contributed by atoms with E-state index < -0.39 is 5.97 Å². The lowest BCUT2D eigenvalue weighted by atomic mass is 9.85. The SMILES string of the molecule is CCN(CC(=O)O)C1CC(NC(=O)Cc2cn3cc(Cl)cc(Cl)c3n2)C1. The molecule has 26 heavy (non-hydrogen) atoms. The Bertz CT molecular complexity index is 833. The van der Waals surface area contributed by atoms with Gasteiger partial charge in [-0.3, -0.25) is 14.5 Å². The van der Waals surface area contributed by atoms with Crippen molar-refractivity contribution in [2.24, 2.45) is 0 Å². The minimum atomic E-state index is -0.829. The van der Waals surface area contributed by atoms with E-state index in [1.807, 2.05) is 11.8 Å². The Morgan fingerprint density at radius 1 is 1.38 bits per heavy atom. The summed E-state index contributed by atoms with van der Waals surface area (Å²) >= 11 is 12.1. The van der Waals surface area contributed by atoms with Crippen LogP contribution in [-0.2, 0) is 16.0 Å². The molecule has 3 rings (SSSR count). The van der Waals surface area contributed by atoms with Crippen molar-refractivity contribution < 1.29 is 14.7 Å². The number of pyridine rings is 1. The van der Waals surface area contributed by atoms with Crippen molar-refractivity contribution in [1.29, 1.82) is 0 Å². The fourth-order valence-corrected chi connectivity index (χ4v) is 3.81. The predicted octanol–water partition coefficient (Wildman–Crippen LogP) is 2.24. The first-order valence-corrected chi connectivity index (χ1v) is 9.19. The van der Waals surface area contributed by atoms with Gasteiger partial charge in [-0.25, -0.2) is 4.98 Å². The number of carboxylic acid groups (broad SMARTS) is 1. The molecule has 2 N–H and O–H groups in total. The smallest absolute Gasteiger partial charge is 0.317 e. The van der Waals surface area contributed by atoms with Crippen LogP contribution in [0, 0.1) is 0 Å². The summed E-state index contributed by atoms with van der Waals surface area (Å²) in [7, 11) is 0. The van der Waals surface area contributed by atoms with Crippen LogP contribution in [0.25, 0.3) is 5.65 Å². The van der Waals surface area contributed by atoms with Gasteiger partial charge < -0.3 is 14.8 Å². The second kappa shape index (κ2) is 7.82. The van der Waals surface area contributed by atoms with Crippen LogP contribution in [-0.4, -0.2) is 56.4 Å². The van der Waals surface area contributed by atoms with E-state index in [0.717, 1.165) is 12.8 Å². The van der Waals surface area contributed by atoms with E-state index in [0.29, 0.717) is 27.9 Å². The second-order valence-corrected chi connectivity index (χ2v) is 7.34. The topological polar surface area (TPSA) is 86.9 Å². The molecule has 0 spiro atoms. The maximum Gasteiger partial charge on any atom is 0.317 e. The molecule has 0 bridgehead atoms. The van der Waals surface area contributed by atoms with Gasteiger partial charge in [0.15, 0.2) is 5.65 Å². The number of likely N-dealkylation sites (N-methyl/N-ethyl adjacent to an activating group) is 1. The van der Waals surface area contributed by atoms with Crippen LogP contribution in [0.15, 0.2) is 18.5 Å². The lowest BCUT2D eigenvalue weighted by Gasteiger charge is -2.42. The third kappa shape index (κ3) is 4.28. The maximum absolute atomic E-state index is 12.2. The van der Waals surface area contributed by atoms with E-state index in [2.05, 4.69) is 10.3 Å². The molecule has 2 heterocycles. The zero-order valence-electron chi connectivity index (χ0n) is 14.3. The summed E-state index contributed by atoms with van der Waals surface area (Å²) in [6.45, 7) is 2.66. The van der Waals surface area contributed by atoms with Gasteiger partial charge >= 0.3 is 5.97 Å². The molecule has 0 atom stereocenters. The molecule has 0 unspecified atom stereocenters. The normalized spacial score (nSPS) is 19.5. The van der Waals surface area contributed by atoms with Crippen molar-refractivity contribution in [3.63, 3.8) is 0 Å². The monoisotopic (exact) mass is 398 g/mol. The zero-order chi connectivity index (χ0) is 18.8. The molecule has 7 nitrogen and oxygen atoms in total. The lowest BCUT2D eigenvalue weighted by Crippen LogP contribution is -2.55. The molecule has 0 saturated heterocycles. The Labute approximate surface area is 160 Å². The molecule has 140 valence electrons. The first-order valence-electron chi connectivity index (χ1n) is 8.43. The molecule has 1 fully saturated rings. The molecule has 0 radical (unpaired) electrons. The summed E-state index contributed by atoms with van der Waals surface area (Å²) in [5.74, 6) is -0.940. The molecule has 9 heteroatoms. The fraction of sp³-hybridized carbons (Fsp3) is 0.471. The van der Waals surface area contributed by atoms with E-state index in [9.17, 15) is 9.59 Å². The van der Waals surface area contributed by atoms with Crippen LogP contribution in [0.5, 0.6) is 0 Å². The summed E-state index contributed by atoms with van der Waals surface area (Å²) in [6, 6.07) is 1.89. The van der Waals surface area contributed by atoms with Crippen LogP contribution in [0.4, 0.5) is 0 Å². The number of carbonyl (C=O) groups excluding carboxylic acids is 1. The van der Waals surface area contributed by atoms with Crippen LogP contribution in [0.2, 0.25) is 10.0 Å². The lowest BCUT2D eigenvalue weighted by molar-refractivity contribution is -0.139. The molecule has 1 aliphatic rings. The maximum atomic E-state index is 12.2. The van der Waals surface area contributed by atoms with Crippen LogP contribution in [0.1, 0.15) is 25.5 Å². The average Bonchev–Trinajstić information content (AvgIpc) is 2.90. The van der Waals surface area contributed by atoms with Crippen LogP contribution < -0.4 is 5.32 Å². The standard InChI is InChI=1S/C17H20Cl2N4O3/c1-2-22(9-16(25)26)13-4-11(5-13)20-15(24)6-12-8-23-7-10(18)3-14(19)17(23)21-12/h3,7-8,11,13H,2,4-6,9H2,1H3,(H,20,24)(H,25,26). The van der Waals surface area contributed by atoms with Gasteiger partial charge in [0.2, 0.25) is 5.91 Å². The molecule has 0 aromatic carbocycles. The number of rotatable bonds is 7. The summed E-state index contributed by atoms with van der Waals surface area (Å²) in [6.07, 6.45) is 5.11. The minimum Gasteiger partial charge on any atom is -0.480 e. The van der Waals surface area contributed by atoms with Crippen molar-refractivity contribution in [1.82, 2.24) is 19.6 Å². The van der Waals surface area contributed by atoms with Crippen LogP contribution in [0.3, 0.4) is 0 Å². The number of nitrogens with one attached hydrogen (secondary N) is 1. The second-order valence-electron chi connectivity index (χ2n) is 6.49. The highest BCUT2D eigenvalue weighted by Crippen LogP contribution is 2.26. The highest BCUT2D eigenvalue weighted by molar-refractivity contribution is 6.36. The van der Waals surface area contributed by atoms with Gasteiger partial charge in [-0.15, -0.1) is 0 Å². The Kier molecular flexibility index (Phi) is 5.70. The van der Waals surface area contributed by atoms with Crippen molar-refractivity contribution >= 4 is 40.7 Å². The highest BCUT2D eigenvalue weighted by Gasteiger charge is 2.34. The first-order chi connectivity index (χ1) is 12.4. The largest absolute Gasteiger partial charge is 0.480 e. The molecule has 1 saturated carbocycles. The summed E-state index contributed by atoms with van der Waals surface area (Å²) in [4.78, 5) is 29.4. The Morgan fingerprint density at radius 2 is 2.12 bits per heavy atom. The molecule has 2 aromatic heterocycles. The highest BCUT2D eigenvalue weighted by atomic mass is 35.5. The number of nitrogens with zero attached hydrogens (tertiary/aromatic N) is 3. The van der Waals surface area contributed by atoms with Gasteiger partial charge in [-0.1, -0.05) is 30.1 Å². The summed E-state index contributed by atoms with van der Waals surface area (Å²) in [5.41, 5.74) is 1.18. The fourth-order valence-electron chi connectivity index (χ4n) is 3.28. The van der Waals surface area contributed by atoms with Gasteiger partial charge in [0, 0.05) is 24.5 Å². The van der Waals surface area contributed by atoms with Gasteiger partial charge in [0.05, 0.1) is 28.7 Å². The van der Waals surface area contributed by atoms with E-state index >= 15 is 0 Å². The number of hydrogen-bond acceptors (Lipinski definition) is 4. The number of carbonyl (C=O) groups is 2. The van der Waals surface area contributed by atoms with E-state index in [1.165, 1.54) is 0 Å². The zero-order valence-corrected chi connectivity index (χ0v) is 15.8. The molecule has 2 aromatic rings. The summed E-state index contributed by atoms with van der Waals surface area (Å²) < 4.78 is 1.71. The van der Waals surface area contributed by atoms with E-state index in [1.54, 1.807) is 22.9 Å². The van der Waals surface area contributed by atoms with Crippen molar-refractivity contribution in [3.05, 3.63) is 34.2 Å². The summed E-state index contributed by atoms with van der Waals surface area (Å²) in [5, 5.41) is 12.8. The third-order valence-corrected chi connectivity index (χ3v) is 5.09. The third-order valence-electron chi connectivity index (χ3n) is 4.60. The molecular weight excluding hydrogens is 379 g/mol. The molecule has 1 aliphatic carbocycles. The number of halogens is 2. The number of hydrogen-bond donors (Lipinski definition) is 2. The Hall–Kier alpha value is -1.83. The predicted molar refractivity (Wildman–Crippen MR) is 98.8 cm³/mol. The van der Waals surface area contributed by atoms with Crippen molar-refractivity contribution in [2.45, 2.75) is 38.3 Å². The van der Waals surface area contributed by atoms with E-state index in [-0.39, 0.29) is 31.0 Å². The average molecular weight is 399 g/mol. The minimum absolute atomic E-state index is 0.0341. The van der Waals surface area contributed by atoms with Crippen molar-refractivity contribution in [3.8, 4) is 0 Å². The number of aliphatic carboxylic acids is 1. The van der Waals surface area contributed by atoms with Gasteiger partial charge in [0.1, 0.15) is 0 Å². The van der Waals surface area contributed by atoms with E-state index in [4.69, 9.17) is 28.3 Å². The number of imidazole rings is 1. The number of fused-ring (bicyclic) bond motifs is 1. The number of aromatic nitrogens is 2.